The molecule has 0 unspecified atom stereocenters. The van der Waals surface area contributed by atoms with E-state index in [9.17, 15) is 13.2 Å². The Kier molecular flexibility index (Phi) is 6.85. The van der Waals surface area contributed by atoms with E-state index in [-0.39, 0.29) is 18.4 Å². The zero-order chi connectivity index (χ0) is 21.1. The molecule has 2 saturated heterocycles. The molecule has 2 aliphatic rings. The fourth-order valence-electron chi connectivity index (χ4n) is 3.69. The molecule has 0 aromatic carbocycles. The molecule has 2 aromatic rings. The average Bonchev–Trinajstić information content (AvgIpc) is 3.38. The third kappa shape index (κ3) is 5.09. The maximum atomic E-state index is 12.9. The standard InChI is InChI=1S/C19H26N4O4S3/c1-14-4-5-17(29-14)30(25,26)23-6-2-3-15(11-23)18(24)21-19-20-16(13-28-19)12-22-7-9-27-10-8-22/h4-5,13,15H,2-3,6-12H2,1H3,(H,20,21,24)/t15-/m0/s1. The number of nitrogens with zero attached hydrogens (tertiary/aromatic N) is 3. The quantitative estimate of drug-likeness (QED) is 0.697. The van der Waals surface area contributed by atoms with Crippen molar-refractivity contribution in [3.05, 3.63) is 28.1 Å². The van der Waals surface area contributed by atoms with Crippen molar-refractivity contribution in [3.8, 4) is 0 Å². The number of amides is 1. The van der Waals surface area contributed by atoms with Crippen molar-refractivity contribution in [1.82, 2.24) is 14.2 Å². The number of aryl methyl sites for hydroxylation is 1. The van der Waals surface area contributed by atoms with Crippen molar-refractivity contribution >= 4 is 43.7 Å². The maximum Gasteiger partial charge on any atom is 0.252 e. The lowest BCUT2D eigenvalue weighted by Gasteiger charge is -2.30. The molecular formula is C19H26N4O4S3. The summed E-state index contributed by atoms with van der Waals surface area (Å²) < 4.78 is 32.9. The van der Waals surface area contributed by atoms with Crippen LogP contribution < -0.4 is 5.32 Å². The molecule has 0 bridgehead atoms. The van der Waals surface area contributed by atoms with Crippen molar-refractivity contribution in [2.24, 2.45) is 5.92 Å². The third-order valence-electron chi connectivity index (χ3n) is 5.34. The number of ether oxygens (including phenoxy) is 1. The van der Waals surface area contributed by atoms with Gasteiger partial charge in [0.25, 0.3) is 10.0 Å². The smallest absolute Gasteiger partial charge is 0.252 e. The number of carbonyl (C=O) groups excluding carboxylic acids is 1. The number of sulfonamides is 1. The van der Waals surface area contributed by atoms with Gasteiger partial charge >= 0.3 is 0 Å². The summed E-state index contributed by atoms with van der Waals surface area (Å²) in [6.07, 6.45) is 1.34. The van der Waals surface area contributed by atoms with Crippen molar-refractivity contribution in [2.75, 3.05) is 44.7 Å². The van der Waals surface area contributed by atoms with Crippen LogP contribution in [0.15, 0.2) is 21.7 Å². The van der Waals surface area contributed by atoms with Crippen LogP contribution in [-0.4, -0.2) is 67.9 Å². The van der Waals surface area contributed by atoms with E-state index < -0.39 is 10.0 Å². The van der Waals surface area contributed by atoms with Gasteiger partial charge in [0, 0.05) is 43.0 Å². The number of carbonyl (C=O) groups is 1. The highest BCUT2D eigenvalue weighted by Gasteiger charge is 2.34. The molecule has 2 aromatic heterocycles. The van der Waals surface area contributed by atoms with Crippen LogP contribution >= 0.6 is 22.7 Å². The number of piperidine rings is 1. The number of thiophene rings is 1. The summed E-state index contributed by atoms with van der Waals surface area (Å²) in [5.74, 6) is -0.536. The second kappa shape index (κ2) is 9.41. The Labute approximate surface area is 184 Å². The summed E-state index contributed by atoms with van der Waals surface area (Å²) in [6, 6.07) is 3.45. The minimum atomic E-state index is -3.55. The minimum Gasteiger partial charge on any atom is -0.379 e. The molecule has 4 rings (SSSR count). The van der Waals surface area contributed by atoms with Gasteiger partial charge in [0.2, 0.25) is 5.91 Å². The van der Waals surface area contributed by atoms with Crippen molar-refractivity contribution in [3.63, 3.8) is 0 Å². The Hall–Kier alpha value is -1.37. The van der Waals surface area contributed by atoms with Crippen LogP contribution in [0.1, 0.15) is 23.4 Å². The molecule has 0 saturated carbocycles. The van der Waals surface area contributed by atoms with Gasteiger partial charge in [0.05, 0.1) is 24.8 Å². The van der Waals surface area contributed by atoms with E-state index in [1.165, 1.54) is 27.0 Å². The topological polar surface area (TPSA) is 91.8 Å². The molecule has 0 spiro atoms. The van der Waals surface area contributed by atoms with Gasteiger partial charge in [-0.2, -0.15) is 4.31 Å². The van der Waals surface area contributed by atoms with E-state index in [1.807, 2.05) is 18.4 Å². The van der Waals surface area contributed by atoms with Crippen molar-refractivity contribution in [1.29, 1.82) is 0 Å². The van der Waals surface area contributed by atoms with E-state index in [0.717, 1.165) is 43.4 Å². The van der Waals surface area contributed by atoms with Crippen LogP contribution in [-0.2, 0) is 26.1 Å². The summed E-state index contributed by atoms with van der Waals surface area (Å²) in [5, 5.41) is 5.42. The third-order valence-corrected chi connectivity index (χ3v) is 9.48. The molecular weight excluding hydrogens is 444 g/mol. The number of hydrogen-bond acceptors (Lipinski definition) is 8. The Bertz CT molecular complexity index is 982. The molecule has 1 amide bonds. The zero-order valence-corrected chi connectivity index (χ0v) is 19.3. The van der Waals surface area contributed by atoms with Crippen LogP contribution in [0.5, 0.6) is 0 Å². The lowest BCUT2D eigenvalue weighted by molar-refractivity contribution is -0.120. The molecule has 8 nitrogen and oxygen atoms in total. The number of aromatic nitrogens is 1. The molecule has 1 N–H and O–H groups in total. The molecule has 1 atom stereocenters. The Morgan fingerprint density at radius 1 is 1.30 bits per heavy atom. The Morgan fingerprint density at radius 3 is 2.83 bits per heavy atom. The van der Waals surface area contributed by atoms with Gasteiger partial charge < -0.3 is 10.1 Å². The van der Waals surface area contributed by atoms with Gasteiger partial charge in [-0.1, -0.05) is 0 Å². The predicted octanol–water partition coefficient (Wildman–Crippen LogP) is 2.38. The lowest BCUT2D eigenvalue weighted by Crippen LogP contribution is -2.43. The molecule has 4 heterocycles. The monoisotopic (exact) mass is 470 g/mol. The first-order valence-electron chi connectivity index (χ1n) is 10.0. The first kappa shape index (κ1) is 21.8. The van der Waals surface area contributed by atoms with Gasteiger partial charge in [0.15, 0.2) is 5.13 Å². The fraction of sp³-hybridized carbons (Fsp3) is 0.579. The highest BCUT2D eigenvalue weighted by molar-refractivity contribution is 7.91. The lowest BCUT2D eigenvalue weighted by atomic mass is 9.99. The van der Waals surface area contributed by atoms with Gasteiger partial charge in [-0.15, -0.1) is 22.7 Å². The van der Waals surface area contributed by atoms with E-state index in [4.69, 9.17) is 4.74 Å². The average molecular weight is 471 g/mol. The van der Waals surface area contributed by atoms with Gasteiger partial charge in [-0.05, 0) is 31.9 Å². The van der Waals surface area contributed by atoms with Crippen LogP contribution in [0.3, 0.4) is 0 Å². The van der Waals surface area contributed by atoms with E-state index in [2.05, 4.69) is 15.2 Å². The summed E-state index contributed by atoms with van der Waals surface area (Å²) in [4.78, 5) is 20.6. The van der Waals surface area contributed by atoms with E-state index in [0.29, 0.717) is 28.7 Å². The predicted molar refractivity (Wildman–Crippen MR) is 117 cm³/mol. The molecule has 30 heavy (non-hydrogen) atoms. The first-order valence-corrected chi connectivity index (χ1v) is 13.2. The number of morpholine rings is 1. The molecule has 2 aliphatic heterocycles. The second-order valence-corrected chi connectivity index (χ2v) is 11.9. The summed E-state index contributed by atoms with van der Waals surface area (Å²) in [5.41, 5.74) is 0.929. The number of rotatable bonds is 6. The van der Waals surface area contributed by atoms with E-state index >= 15 is 0 Å². The summed E-state index contributed by atoms with van der Waals surface area (Å²) in [7, 11) is -3.55. The molecule has 164 valence electrons. The number of hydrogen-bond donors (Lipinski definition) is 1. The number of thiazole rings is 1. The van der Waals surface area contributed by atoms with Crippen LogP contribution in [0.4, 0.5) is 5.13 Å². The van der Waals surface area contributed by atoms with Crippen molar-refractivity contribution in [2.45, 2.75) is 30.5 Å². The summed E-state index contributed by atoms with van der Waals surface area (Å²) >= 11 is 2.67. The SMILES string of the molecule is Cc1ccc(S(=O)(=O)N2CCC[C@H](C(=O)Nc3nc(CN4CCOCC4)cs3)C2)s1. The highest BCUT2D eigenvalue weighted by atomic mass is 32.2. The minimum absolute atomic E-state index is 0.162. The van der Waals surface area contributed by atoms with Gasteiger partial charge in [-0.3, -0.25) is 9.69 Å². The highest BCUT2D eigenvalue weighted by Crippen LogP contribution is 2.29. The first-order chi connectivity index (χ1) is 14.4. The van der Waals surface area contributed by atoms with E-state index in [1.54, 1.807) is 6.07 Å². The molecule has 2 fully saturated rings. The van der Waals surface area contributed by atoms with Gasteiger partial charge in [0.1, 0.15) is 4.21 Å². The number of nitrogens with one attached hydrogen (secondary N) is 1. The normalized spacial score (nSPS) is 21.6. The molecule has 0 radical (unpaired) electrons. The molecule has 0 aliphatic carbocycles. The Balaban J connectivity index is 1.35. The van der Waals surface area contributed by atoms with Gasteiger partial charge in [-0.25, -0.2) is 13.4 Å². The van der Waals surface area contributed by atoms with Crippen LogP contribution in [0.25, 0.3) is 0 Å². The van der Waals surface area contributed by atoms with Crippen LogP contribution in [0.2, 0.25) is 0 Å². The zero-order valence-electron chi connectivity index (χ0n) is 16.9. The summed E-state index contributed by atoms with van der Waals surface area (Å²) in [6.45, 7) is 6.52. The number of anilines is 1. The molecule has 11 heteroatoms. The van der Waals surface area contributed by atoms with Crippen LogP contribution in [0, 0.1) is 12.8 Å². The van der Waals surface area contributed by atoms with Crippen molar-refractivity contribution < 1.29 is 17.9 Å². The largest absolute Gasteiger partial charge is 0.379 e. The Morgan fingerprint density at radius 2 is 2.10 bits per heavy atom. The second-order valence-electron chi connectivity index (χ2n) is 7.59. The fourth-order valence-corrected chi connectivity index (χ4v) is 7.35. The maximum absolute atomic E-state index is 12.9.